The van der Waals surface area contributed by atoms with E-state index in [0.717, 1.165) is 5.56 Å². The summed E-state index contributed by atoms with van der Waals surface area (Å²) in [5.74, 6) is -1.55. The molecule has 0 radical (unpaired) electrons. The summed E-state index contributed by atoms with van der Waals surface area (Å²) in [7, 11) is 0. The highest BCUT2D eigenvalue weighted by Gasteiger charge is 2.19. The summed E-state index contributed by atoms with van der Waals surface area (Å²) in [6, 6.07) is 13.8. The molecule has 3 rings (SSSR count). The lowest BCUT2D eigenvalue weighted by molar-refractivity contribution is 0.0698. The Bertz CT molecular complexity index is 1020. The average molecular weight is 397 g/mol. The normalized spacial score (nSPS) is 11.3. The highest BCUT2D eigenvalue weighted by molar-refractivity contribution is 6.33. The van der Waals surface area contributed by atoms with Crippen LogP contribution >= 0.6 is 11.6 Å². The number of benzene rings is 2. The summed E-state index contributed by atoms with van der Waals surface area (Å²) in [6.45, 7) is 6.28. The predicted octanol–water partition coefficient (Wildman–Crippen LogP) is 5.38. The van der Waals surface area contributed by atoms with Crippen LogP contribution in [0.5, 0.6) is 0 Å². The van der Waals surface area contributed by atoms with Crippen LogP contribution in [0.15, 0.2) is 60.9 Å². The number of rotatable bonds is 4. The number of hydrogen-bond acceptors (Lipinski definition) is 2. The molecule has 144 valence electrons. The highest BCUT2D eigenvalue weighted by Crippen LogP contribution is 2.29. The molecule has 0 aliphatic rings. The van der Waals surface area contributed by atoms with Crippen molar-refractivity contribution in [1.82, 2.24) is 4.57 Å². The van der Waals surface area contributed by atoms with Gasteiger partial charge >= 0.3 is 5.97 Å². The van der Waals surface area contributed by atoms with Crippen LogP contribution in [0, 0.1) is 0 Å². The van der Waals surface area contributed by atoms with Crippen LogP contribution in [0.3, 0.4) is 0 Å². The Hall–Kier alpha value is -3.05. The van der Waals surface area contributed by atoms with Crippen molar-refractivity contribution in [3.63, 3.8) is 0 Å². The standard InChI is InChI=1S/C22H21ClN2O3/c1-22(2,3)15-8-6-14(7-9-15)20(26)24-18-13-17(23)19(12-16(18)21(27)28)25-10-4-5-11-25/h4-13H,1-3H3,(H,24,26)(H,27,28). The van der Waals surface area contributed by atoms with E-state index in [0.29, 0.717) is 16.3 Å². The van der Waals surface area contributed by atoms with Gasteiger partial charge in [0.25, 0.3) is 5.91 Å². The molecule has 2 N–H and O–H groups in total. The van der Waals surface area contributed by atoms with Gasteiger partial charge in [0, 0.05) is 18.0 Å². The Kier molecular flexibility index (Phi) is 5.29. The van der Waals surface area contributed by atoms with Crippen molar-refractivity contribution < 1.29 is 14.7 Å². The molecule has 2 aromatic carbocycles. The third kappa shape index (κ3) is 4.10. The van der Waals surface area contributed by atoms with Crippen LogP contribution < -0.4 is 5.32 Å². The summed E-state index contributed by atoms with van der Waals surface area (Å²) in [4.78, 5) is 24.3. The highest BCUT2D eigenvalue weighted by atomic mass is 35.5. The number of carboxylic acids is 1. The molecule has 0 unspecified atom stereocenters. The van der Waals surface area contributed by atoms with Crippen molar-refractivity contribution in [3.8, 4) is 5.69 Å². The lowest BCUT2D eigenvalue weighted by atomic mass is 9.86. The SMILES string of the molecule is CC(C)(C)c1ccc(C(=O)Nc2cc(Cl)c(-n3cccc3)cc2C(=O)O)cc1. The van der Waals surface area contributed by atoms with E-state index < -0.39 is 11.9 Å². The van der Waals surface area contributed by atoms with Gasteiger partial charge in [0.1, 0.15) is 0 Å². The van der Waals surface area contributed by atoms with Gasteiger partial charge in [0.05, 0.1) is 22.0 Å². The van der Waals surface area contributed by atoms with Gasteiger partial charge in [0.15, 0.2) is 0 Å². The fourth-order valence-corrected chi connectivity index (χ4v) is 3.11. The number of carboxylic acid groups (broad SMARTS) is 1. The number of aromatic carboxylic acids is 1. The van der Waals surface area contributed by atoms with Gasteiger partial charge in [0.2, 0.25) is 0 Å². The number of amides is 1. The molecule has 0 aliphatic heterocycles. The zero-order valence-electron chi connectivity index (χ0n) is 15.9. The van der Waals surface area contributed by atoms with E-state index in [1.807, 2.05) is 24.3 Å². The van der Waals surface area contributed by atoms with E-state index in [1.165, 1.54) is 12.1 Å². The van der Waals surface area contributed by atoms with Crippen molar-refractivity contribution in [2.24, 2.45) is 0 Å². The van der Waals surface area contributed by atoms with E-state index in [-0.39, 0.29) is 16.7 Å². The van der Waals surface area contributed by atoms with Gasteiger partial charge in [-0.15, -0.1) is 0 Å². The van der Waals surface area contributed by atoms with Crippen LogP contribution in [-0.2, 0) is 5.41 Å². The van der Waals surface area contributed by atoms with Crippen molar-refractivity contribution in [2.45, 2.75) is 26.2 Å². The molecule has 0 aliphatic carbocycles. The van der Waals surface area contributed by atoms with Crippen molar-refractivity contribution in [2.75, 3.05) is 5.32 Å². The first-order valence-corrected chi connectivity index (χ1v) is 9.16. The predicted molar refractivity (Wildman–Crippen MR) is 111 cm³/mol. The fourth-order valence-electron chi connectivity index (χ4n) is 2.85. The van der Waals surface area contributed by atoms with Gasteiger partial charge in [-0.25, -0.2) is 4.79 Å². The third-order valence-electron chi connectivity index (χ3n) is 4.46. The first-order chi connectivity index (χ1) is 13.2. The van der Waals surface area contributed by atoms with E-state index in [1.54, 1.807) is 29.1 Å². The van der Waals surface area contributed by atoms with E-state index in [2.05, 4.69) is 26.1 Å². The third-order valence-corrected chi connectivity index (χ3v) is 4.76. The smallest absolute Gasteiger partial charge is 0.337 e. The van der Waals surface area contributed by atoms with Crippen LogP contribution in [0.1, 0.15) is 47.1 Å². The maximum absolute atomic E-state index is 12.6. The molecule has 0 atom stereocenters. The zero-order valence-corrected chi connectivity index (χ0v) is 16.6. The molecule has 28 heavy (non-hydrogen) atoms. The van der Waals surface area contributed by atoms with Crippen LogP contribution in [-0.4, -0.2) is 21.6 Å². The van der Waals surface area contributed by atoms with E-state index in [4.69, 9.17) is 11.6 Å². The summed E-state index contributed by atoms with van der Waals surface area (Å²) >= 11 is 6.33. The maximum Gasteiger partial charge on any atom is 0.337 e. The Morgan fingerprint density at radius 3 is 2.18 bits per heavy atom. The summed E-state index contributed by atoms with van der Waals surface area (Å²) in [6.07, 6.45) is 3.53. The number of aromatic nitrogens is 1. The van der Waals surface area contributed by atoms with E-state index in [9.17, 15) is 14.7 Å². The maximum atomic E-state index is 12.6. The molecule has 6 heteroatoms. The minimum absolute atomic E-state index is 0.0205. The molecule has 5 nitrogen and oxygen atoms in total. The molecule has 0 saturated carbocycles. The van der Waals surface area contributed by atoms with Crippen LogP contribution in [0.2, 0.25) is 5.02 Å². The molecule has 0 fully saturated rings. The molecular formula is C22H21ClN2O3. The molecule has 3 aromatic rings. The van der Waals surface area contributed by atoms with E-state index >= 15 is 0 Å². The Balaban J connectivity index is 1.92. The Morgan fingerprint density at radius 1 is 1.04 bits per heavy atom. The minimum Gasteiger partial charge on any atom is -0.478 e. The lowest BCUT2D eigenvalue weighted by Crippen LogP contribution is -2.16. The van der Waals surface area contributed by atoms with Gasteiger partial charge in [-0.3, -0.25) is 4.79 Å². The first kappa shape index (κ1) is 19.7. The largest absolute Gasteiger partial charge is 0.478 e. The summed E-state index contributed by atoms with van der Waals surface area (Å²) in [5, 5.41) is 12.6. The molecule has 0 bridgehead atoms. The van der Waals surface area contributed by atoms with Crippen molar-refractivity contribution in [3.05, 3.63) is 82.6 Å². The first-order valence-electron chi connectivity index (χ1n) is 8.79. The molecule has 1 heterocycles. The summed E-state index contributed by atoms with van der Waals surface area (Å²) < 4.78 is 1.71. The number of halogens is 1. The van der Waals surface area contributed by atoms with Crippen molar-refractivity contribution in [1.29, 1.82) is 0 Å². The Labute approximate surface area is 168 Å². The molecule has 1 amide bonds. The number of nitrogens with zero attached hydrogens (tertiary/aromatic N) is 1. The van der Waals surface area contributed by atoms with Crippen LogP contribution in [0.25, 0.3) is 5.69 Å². The molecule has 1 aromatic heterocycles. The van der Waals surface area contributed by atoms with Gasteiger partial charge in [-0.2, -0.15) is 0 Å². The topological polar surface area (TPSA) is 71.3 Å². The number of anilines is 1. The fraction of sp³-hybridized carbons (Fsp3) is 0.182. The second kappa shape index (κ2) is 7.52. The summed E-state index contributed by atoms with van der Waals surface area (Å²) in [5.41, 5.74) is 2.17. The molecule has 0 spiro atoms. The van der Waals surface area contributed by atoms with Gasteiger partial charge < -0.3 is 15.0 Å². The lowest BCUT2D eigenvalue weighted by Gasteiger charge is -2.19. The zero-order chi connectivity index (χ0) is 20.5. The number of carbonyl (C=O) groups is 2. The minimum atomic E-state index is -1.15. The number of carbonyl (C=O) groups excluding carboxylic acids is 1. The van der Waals surface area contributed by atoms with Gasteiger partial charge in [-0.05, 0) is 47.4 Å². The van der Waals surface area contributed by atoms with Gasteiger partial charge in [-0.1, -0.05) is 44.5 Å². The molecular weight excluding hydrogens is 376 g/mol. The number of hydrogen-bond donors (Lipinski definition) is 2. The molecule has 0 saturated heterocycles. The number of nitrogens with one attached hydrogen (secondary N) is 1. The second-order valence-corrected chi connectivity index (χ2v) is 7.93. The quantitative estimate of drug-likeness (QED) is 0.622. The monoisotopic (exact) mass is 396 g/mol. The van der Waals surface area contributed by atoms with Crippen LogP contribution in [0.4, 0.5) is 5.69 Å². The Morgan fingerprint density at radius 2 is 1.64 bits per heavy atom. The van der Waals surface area contributed by atoms with Crippen molar-refractivity contribution >= 4 is 29.2 Å². The second-order valence-electron chi connectivity index (χ2n) is 7.53. The average Bonchev–Trinajstić information content (AvgIpc) is 3.15.